The summed E-state index contributed by atoms with van der Waals surface area (Å²) in [5.41, 5.74) is 0.728. The van der Waals surface area contributed by atoms with Gasteiger partial charge in [0.05, 0.1) is 13.2 Å². The molecule has 2 N–H and O–H groups in total. The topological polar surface area (TPSA) is 107 Å². The highest BCUT2D eigenvalue weighted by molar-refractivity contribution is 5.93. The molecule has 1 aromatic rings. The number of β-lactam (4-membered cyclic amide) rings is 1. The Bertz CT molecular complexity index is 792. The first kappa shape index (κ1) is 24.4. The minimum absolute atomic E-state index is 0.395. The molecule has 0 saturated carbocycles. The molecule has 0 aliphatic carbocycles. The number of benzene rings is 1. The van der Waals surface area contributed by atoms with E-state index < -0.39 is 42.5 Å². The monoisotopic (exact) mass is 432 g/mol. The van der Waals surface area contributed by atoms with Gasteiger partial charge in [-0.25, -0.2) is 0 Å². The van der Waals surface area contributed by atoms with E-state index in [2.05, 4.69) is 6.92 Å². The predicted octanol–water partition coefficient (Wildman–Crippen LogP) is 2.94. The number of likely N-dealkylation sites (tertiary alicyclic amines) is 1. The molecule has 8 nitrogen and oxygen atoms in total. The maximum Gasteiger partial charge on any atom is 0.324 e. The van der Waals surface area contributed by atoms with Crippen molar-refractivity contribution in [2.24, 2.45) is 0 Å². The molecule has 1 fully saturated rings. The lowest BCUT2D eigenvalue weighted by Crippen LogP contribution is -2.67. The number of amides is 1. The highest BCUT2D eigenvalue weighted by atomic mass is 16.5. The van der Waals surface area contributed by atoms with Crippen molar-refractivity contribution >= 4 is 17.8 Å². The van der Waals surface area contributed by atoms with Gasteiger partial charge in [-0.3, -0.25) is 19.3 Å². The Kier molecular flexibility index (Phi) is 9.05. The number of hydrogen-bond donors (Lipinski definition) is 2. The van der Waals surface area contributed by atoms with Crippen LogP contribution in [0.4, 0.5) is 0 Å². The van der Waals surface area contributed by atoms with Crippen LogP contribution in [0.3, 0.4) is 0 Å². The smallest absolute Gasteiger partial charge is 0.324 e. The average Bonchev–Trinajstić information content (AvgIpc) is 2.74. The zero-order valence-electron chi connectivity index (χ0n) is 18.4. The number of ether oxygens (including phenoxy) is 1. The number of unbranched alkanes of at least 4 members (excludes halogenated alkanes) is 4. The summed E-state index contributed by atoms with van der Waals surface area (Å²) in [4.78, 5) is 38.8. The summed E-state index contributed by atoms with van der Waals surface area (Å²) in [5, 5.41) is 19.0. The van der Waals surface area contributed by atoms with E-state index in [1.807, 2.05) is 6.08 Å². The van der Waals surface area contributed by atoms with Crippen LogP contribution < -0.4 is 4.74 Å². The summed E-state index contributed by atoms with van der Waals surface area (Å²) in [6.45, 7) is 1.69. The van der Waals surface area contributed by atoms with Gasteiger partial charge in [0.2, 0.25) is 5.91 Å². The van der Waals surface area contributed by atoms with Crippen molar-refractivity contribution in [3.8, 4) is 5.75 Å². The number of carboxylic acid groups (broad SMARTS) is 2. The zero-order valence-corrected chi connectivity index (χ0v) is 18.4. The predicted molar refractivity (Wildman–Crippen MR) is 116 cm³/mol. The van der Waals surface area contributed by atoms with E-state index in [9.17, 15) is 24.6 Å². The molecule has 1 amide bonds. The van der Waals surface area contributed by atoms with Crippen LogP contribution in [0, 0.1) is 0 Å². The van der Waals surface area contributed by atoms with E-state index in [4.69, 9.17) is 4.74 Å². The number of rotatable bonds is 13. The summed E-state index contributed by atoms with van der Waals surface area (Å²) < 4.78 is 5.16. The molecular formula is C23H32N2O6. The van der Waals surface area contributed by atoms with Crippen LogP contribution in [0.25, 0.3) is 0 Å². The van der Waals surface area contributed by atoms with Crippen molar-refractivity contribution in [2.75, 3.05) is 20.7 Å². The number of carbonyl (C=O) groups excluding carboxylic acids is 1. The molecule has 1 heterocycles. The van der Waals surface area contributed by atoms with Crippen LogP contribution in [0.1, 0.15) is 50.6 Å². The molecule has 1 unspecified atom stereocenters. The molecule has 31 heavy (non-hydrogen) atoms. The van der Waals surface area contributed by atoms with E-state index in [1.165, 1.54) is 9.80 Å². The number of methoxy groups -OCH3 is 1. The third-order valence-corrected chi connectivity index (χ3v) is 5.61. The van der Waals surface area contributed by atoms with Gasteiger partial charge in [0.15, 0.2) is 0 Å². The second kappa shape index (κ2) is 11.5. The normalized spacial score (nSPS) is 19.5. The summed E-state index contributed by atoms with van der Waals surface area (Å²) in [6.07, 6.45) is 8.62. The molecule has 1 aliphatic heterocycles. The zero-order chi connectivity index (χ0) is 23.0. The van der Waals surface area contributed by atoms with Crippen LogP contribution >= 0.6 is 0 Å². The Labute approximate surface area is 183 Å². The Balaban J connectivity index is 2.21. The number of likely N-dealkylation sites (N-methyl/N-ethyl adjacent to an activating group) is 1. The van der Waals surface area contributed by atoms with E-state index in [0.29, 0.717) is 5.75 Å². The van der Waals surface area contributed by atoms with Gasteiger partial charge in [-0.15, -0.1) is 0 Å². The largest absolute Gasteiger partial charge is 0.497 e. The fourth-order valence-electron chi connectivity index (χ4n) is 3.89. The van der Waals surface area contributed by atoms with Crippen molar-refractivity contribution in [3.63, 3.8) is 0 Å². The maximum atomic E-state index is 12.8. The molecule has 0 spiro atoms. The lowest BCUT2D eigenvalue weighted by Gasteiger charge is -2.51. The quantitative estimate of drug-likeness (QED) is 0.280. The maximum absolute atomic E-state index is 12.8. The summed E-state index contributed by atoms with van der Waals surface area (Å²) >= 11 is 0. The second-order valence-electron chi connectivity index (χ2n) is 7.75. The fourth-order valence-corrected chi connectivity index (χ4v) is 3.89. The SMILES string of the molecule is CCCCCC/C=C/C(C(=O)O)N(C)[C@@H]1C(=O)N(CC(=O)O)[C@@H]1c1ccc(OC)cc1. The van der Waals surface area contributed by atoms with Gasteiger partial charge in [-0.2, -0.15) is 0 Å². The highest BCUT2D eigenvalue weighted by Gasteiger charge is 2.52. The Hall–Kier alpha value is -2.87. The Morgan fingerprint density at radius 3 is 2.42 bits per heavy atom. The molecule has 2 rings (SSSR count). The van der Waals surface area contributed by atoms with E-state index in [1.54, 1.807) is 44.5 Å². The van der Waals surface area contributed by atoms with Crippen molar-refractivity contribution in [1.29, 1.82) is 0 Å². The van der Waals surface area contributed by atoms with Gasteiger partial charge in [0.25, 0.3) is 0 Å². The van der Waals surface area contributed by atoms with Crippen LogP contribution in [0.5, 0.6) is 5.75 Å². The van der Waals surface area contributed by atoms with Gasteiger partial charge in [-0.05, 0) is 37.6 Å². The molecule has 1 saturated heterocycles. The van der Waals surface area contributed by atoms with Crippen LogP contribution in [0.15, 0.2) is 36.4 Å². The standard InChI is InChI=1S/C23H32N2O6/c1-4-5-6-7-8-9-10-18(23(29)30)24(2)21-20(25(22(21)28)15-19(26)27)16-11-13-17(31-3)14-12-16/h9-14,18,20-21H,4-8,15H2,1-3H3,(H,26,27)(H,29,30)/b10-9+/t18?,20-,21+/m1/s1. The van der Waals surface area contributed by atoms with Gasteiger partial charge >= 0.3 is 11.9 Å². The molecule has 8 heteroatoms. The number of hydrogen-bond acceptors (Lipinski definition) is 5. The number of aliphatic carboxylic acids is 2. The van der Waals surface area contributed by atoms with Gasteiger partial charge in [0, 0.05) is 0 Å². The van der Waals surface area contributed by atoms with Gasteiger partial charge in [0.1, 0.15) is 24.4 Å². The third kappa shape index (κ3) is 6.07. The third-order valence-electron chi connectivity index (χ3n) is 5.61. The highest BCUT2D eigenvalue weighted by Crippen LogP contribution is 2.39. The molecular weight excluding hydrogens is 400 g/mol. The Morgan fingerprint density at radius 2 is 1.87 bits per heavy atom. The Morgan fingerprint density at radius 1 is 1.19 bits per heavy atom. The van der Waals surface area contributed by atoms with Crippen LogP contribution in [-0.2, 0) is 14.4 Å². The number of nitrogens with zero attached hydrogens (tertiary/aromatic N) is 2. The lowest BCUT2D eigenvalue weighted by molar-refractivity contribution is -0.168. The molecule has 1 aliphatic rings. The van der Waals surface area contributed by atoms with E-state index >= 15 is 0 Å². The molecule has 0 aromatic heterocycles. The lowest BCUT2D eigenvalue weighted by atomic mass is 9.86. The first-order valence-corrected chi connectivity index (χ1v) is 10.6. The molecule has 0 radical (unpaired) electrons. The second-order valence-corrected chi connectivity index (χ2v) is 7.75. The van der Waals surface area contributed by atoms with Crippen LogP contribution in [-0.4, -0.2) is 70.6 Å². The van der Waals surface area contributed by atoms with Crippen molar-refractivity contribution in [3.05, 3.63) is 42.0 Å². The van der Waals surface area contributed by atoms with Gasteiger partial charge < -0.3 is 19.8 Å². The first-order chi connectivity index (χ1) is 14.8. The van der Waals surface area contributed by atoms with Crippen molar-refractivity contribution in [1.82, 2.24) is 9.80 Å². The first-order valence-electron chi connectivity index (χ1n) is 10.6. The number of allylic oxidation sites excluding steroid dienone is 1. The minimum Gasteiger partial charge on any atom is -0.497 e. The average molecular weight is 433 g/mol. The summed E-state index contributed by atoms with van der Waals surface area (Å²) in [6, 6.07) is 4.71. The molecule has 0 bridgehead atoms. The van der Waals surface area contributed by atoms with Crippen molar-refractivity contribution in [2.45, 2.75) is 57.2 Å². The summed E-state index contributed by atoms with van der Waals surface area (Å²) in [5.74, 6) is -1.92. The van der Waals surface area contributed by atoms with E-state index in [-0.39, 0.29) is 0 Å². The van der Waals surface area contributed by atoms with E-state index in [0.717, 1.165) is 37.7 Å². The molecule has 1 aromatic carbocycles. The minimum atomic E-state index is -1.12. The number of carboxylic acids is 2. The molecule has 3 atom stereocenters. The van der Waals surface area contributed by atoms with Gasteiger partial charge in [-0.1, -0.05) is 50.5 Å². The number of carbonyl (C=O) groups is 3. The summed E-state index contributed by atoms with van der Waals surface area (Å²) in [7, 11) is 3.14. The van der Waals surface area contributed by atoms with Crippen molar-refractivity contribution < 1.29 is 29.3 Å². The molecule has 170 valence electrons. The van der Waals surface area contributed by atoms with Crippen LogP contribution in [0.2, 0.25) is 0 Å². The fraction of sp³-hybridized carbons (Fsp3) is 0.522.